The molecule has 1 aliphatic rings. The number of likely N-dealkylation sites (tertiary alicyclic amines) is 1. The molecule has 1 aromatic carbocycles. The standard InChI is InChI=1S/C15H18N4O2/c1-10(20)13-5-6-19(8-13)15(21)12-4-2-3-11(7-12)14-16-9-17-18-14/h2-4,7,9-10,13,20H,5-6,8H2,1H3,(H,16,17,18). The number of nitrogens with one attached hydrogen (secondary N) is 1. The van der Waals surface area contributed by atoms with Crippen molar-refractivity contribution in [2.24, 2.45) is 5.92 Å². The number of aliphatic hydroxyl groups excluding tert-OH is 1. The van der Waals surface area contributed by atoms with Crippen LogP contribution in [0.2, 0.25) is 0 Å². The minimum Gasteiger partial charge on any atom is -0.393 e. The molecule has 1 fully saturated rings. The molecule has 21 heavy (non-hydrogen) atoms. The molecule has 1 saturated heterocycles. The molecule has 1 aromatic heterocycles. The summed E-state index contributed by atoms with van der Waals surface area (Å²) in [6, 6.07) is 7.35. The third-order valence-corrected chi connectivity index (χ3v) is 3.99. The zero-order valence-corrected chi connectivity index (χ0v) is 11.9. The first kappa shape index (κ1) is 13.8. The lowest BCUT2D eigenvalue weighted by atomic mass is 10.0. The van der Waals surface area contributed by atoms with Gasteiger partial charge in [0.2, 0.25) is 0 Å². The SMILES string of the molecule is CC(O)C1CCN(C(=O)c2cccc(-c3ncn[nH]3)c2)C1. The van der Waals surface area contributed by atoms with E-state index in [9.17, 15) is 9.90 Å². The van der Waals surface area contributed by atoms with Crippen molar-refractivity contribution in [3.63, 3.8) is 0 Å². The van der Waals surface area contributed by atoms with Gasteiger partial charge in [-0.05, 0) is 25.5 Å². The predicted octanol–water partition coefficient (Wildman–Crippen LogP) is 1.31. The molecule has 0 aliphatic carbocycles. The Labute approximate surface area is 122 Å². The summed E-state index contributed by atoms with van der Waals surface area (Å²) in [5.41, 5.74) is 1.47. The molecule has 3 rings (SSSR count). The molecule has 0 radical (unpaired) electrons. The van der Waals surface area contributed by atoms with Crippen LogP contribution in [0.5, 0.6) is 0 Å². The minimum absolute atomic E-state index is 0.000449. The quantitative estimate of drug-likeness (QED) is 0.891. The second kappa shape index (κ2) is 5.65. The highest BCUT2D eigenvalue weighted by atomic mass is 16.3. The van der Waals surface area contributed by atoms with Crippen LogP contribution in [0.1, 0.15) is 23.7 Å². The van der Waals surface area contributed by atoms with Crippen LogP contribution in [-0.2, 0) is 0 Å². The first-order valence-corrected chi connectivity index (χ1v) is 7.08. The maximum atomic E-state index is 12.5. The Morgan fingerprint density at radius 1 is 1.52 bits per heavy atom. The van der Waals surface area contributed by atoms with E-state index in [0.29, 0.717) is 24.5 Å². The Morgan fingerprint density at radius 3 is 3.05 bits per heavy atom. The number of aliphatic hydroxyl groups is 1. The van der Waals surface area contributed by atoms with E-state index < -0.39 is 0 Å². The number of nitrogens with zero attached hydrogens (tertiary/aromatic N) is 3. The average molecular weight is 286 g/mol. The summed E-state index contributed by atoms with van der Waals surface area (Å²) >= 11 is 0. The molecule has 0 bridgehead atoms. The van der Waals surface area contributed by atoms with Gasteiger partial charge in [0.1, 0.15) is 6.33 Å². The summed E-state index contributed by atoms with van der Waals surface area (Å²) in [6.45, 7) is 3.09. The van der Waals surface area contributed by atoms with E-state index in [-0.39, 0.29) is 17.9 Å². The molecule has 1 aliphatic heterocycles. The number of amides is 1. The van der Waals surface area contributed by atoms with Gasteiger partial charge in [-0.15, -0.1) is 0 Å². The third kappa shape index (κ3) is 2.80. The molecule has 6 heteroatoms. The zero-order valence-electron chi connectivity index (χ0n) is 11.9. The summed E-state index contributed by atoms with van der Waals surface area (Å²) in [4.78, 5) is 18.4. The van der Waals surface area contributed by atoms with Crippen LogP contribution >= 0.6 is 0 Å². The lowest BCUT2D eigenvalue weighted by Gasteiger charge is -2.18. The average Bonchev–Trinajstić information content (AvgIpc) is 3.18. The van der Waals surface area contributed by atoms with Gasteiger partial charge in [-0.25, -0.2) is 4.98 Å². The molecule has 110 valence electrons. The highest BCUT2D eigenvalue weighted by Gasteiger charge is 2.29. The van der Waals surface area contributed by atoms with Crippen molar-refractivity contribution >= 4 is 5.91 Å². The van der Waals surface area contributed by atoms with Gasteiger partial charge in [0.25, 0.3) is 5.91 Å². The Kier molecular flexibility index (Phi) is 3.70. The van der Waals surface area contributed by atoms with Crippen molar-refractivity contribution in [2.45, 2.75) is 19.4 Å². The number of aromatic nitrogens is 3. The topological polar surface area (TPSA) is 82.1 Å². The number of H-pyrrole nitrogens is 1. The largest absolute Gasteiger partial charge is 0.393 e. The lowest BCUT2D eigenvalue weighted by molar-refractivity contribution is 0.0762. The second-order valence-corrected chi connectivity index (χ2v) is 5.46. The number of hydrogen-bond donors (Lipinski definition) is 2. The molecule has 2 N–H and O–H groups in total. The van der Waals surface area contributed by atoms with Gasteiger partial charge in [0, 0.05) is 30.1 Å². The first-order valence-electron chi connectivity index (χ1n) is 7.08. The van der Waals surface area contributed by atoms with Gasteiger partial charge >= 0.3 is 0 Å². The van der Waals surface area contributed by atoms with E-state index in [1.807, 2.05) is 18.2 Å². The Morgan fingerprint density at radius 2 is 2.38 bits per heavy atom. The summed E-state index contributed by atoms with van der Waals surface area (Å²) in [5, 5.41) is 16.2. The Hall–Kier alpha value is -2.21. The van der Waals surface area contributed by atoms with Crippen molar-refractivity contribution in [2.75, 3.05) is 13.1 Å². The van der Waals surface area contributed by atoms with Gasteiger partial charge < -0.3 is 10.0 Å². The number of carbonyl (C=O) groups excluding carboxylic acids is 1. The summed E-state index contributed by atoms with van der Waals surface area (Å²) in [5.74, 6) is 0.818. The van der Waals surface area contributed by atoms with Crippen molar-refractivity contribution < 1.29 is 9.90 Å². The van der Waals surface area contributed by atoms with Crippen molar-refractivity contribution in [3.8, 4) is 11.4 Å². The summed E-state index contributed by atoms with van der Waals surface area (Å²) in [7, 11) is 0. The second-order valence-electron chi connectivity index (χ2n) is 5.46. The molecular weight excluding hydrogens is 268 g/mol. The van der Waals surface area contributed by atoms with Gasteiger partial charge in [-0.2, -0.15) is 5.10 Å². The van der Waals surface area contributed by atoms with Crippen LogP contribution in [0.3, 0.4) is 0 Å². The van der Waals surface area contributed by atoms with Crippen molar-refractivity contribution in [1.29, 1.82) is 0 Å². The molecule has 2 atom stereocenters. The number of rotatable bonds is 3. The number of aromatic amines is 1. The van der Waals surface area contributed by atoms with E-state index in [1.165, 1.54) is 6.33 Å². The van der Waals surface area contributed by atoms with Gasteiger partial charge in [-0.1, -0.05) is 12.1 Å². The highest BCUT2D eigenvalue weighted by molar-refractivity contribution is 5.95. The van der Waals surface area contributed by atoms with E-state index in [0.717, 1.165) is 12.0 Å². The van der Waals surface area contributed by atoms with Gasteiger partial charge in [0.15, 0.2) is 5.82 Å². The first-order chi connectivity index (χ1) is 10.1. The van der Waals surface area contributed by atoms with Crippen LogP contribution in [0.15, 0.2) is 30.6 Å². The fourth-order valence-corrected chi connectivity index (χ4v) is 2.69. The summed E-state index contributed by atoms with van der Waals surface area (Å²) < 4.78 is 0. The van der Waals surface area contributed by atoms with Gasteiger partial charge in [0.05, 0.1) is 6.10 Å². The number of carbonyl (C=O) groups is 1. The normalized spacial score (nSPS) is 19.7. The number of hydrogen-bond acceptors (Lipinski definition) is 4. The Bertz CT molecular complexity index is 624. The van der Waals surface area contributed by atoms with E-state index >= 15 is 0 Å². The maximum absolute atomic E-state index is 12.5. The van der Waals surface area contributed by atoms with Crippen molar-refractivity contribution in [1.82, 2.24) is 20.1 Å². The molecule has 6 nitrogen and oxygen atoms in total. The van der Waals surface area contributed by atoms with Gasteiger partial charge in [-0.3, -0.25) is 9.89 Å². The molecule has 2 unspecified atom stereocenters. The minimum atomic E-state index is -0.372. The predicted molar refractivity (Wildman–Crippen MR) is 77.5 cm³/mol. The molecular formula is C15H18N4O2. The highest BCUT2D eigenvalue weighted by Crippen LogP contribution is 2.23. The van der Waals surface area contributed by atoms with Crippen LogP contribution in [-0.4, -0.2) is 50.3 Å². The fourth-order valence-electron chi connectivity index (χ4n) is 2.69. The fraction of sp³-hybridized carbons (Fsp3) is 0.400. The van der Waals surface area contributed by atoms with Crippen molar-refractivity contribution in [3.05, 3.63) is 36.2 Å². The molecule has 2 aromatic rings. The van der Waals surface area contributed by atoms with Crippen LogP contribution < -0.4 is 0 Å². The smallest absolute Gasteiger partial charge is 0.253 e. The lowest BCUT2D eigenvalue weighted by Crippen LogP contribution is -2.30. The van der Waals surface area contributed by atoms with E-state index in [1.54, 1.807) is 17.9 Å². The Balaban J connectivity index is 1.78. The van der Waals surface area contributed by atoms with E-state index in [4.69, 9.17) is 0 Å². The van der Waals surface area contributed by atoms with Crippen LogP contribution in [0, 0.1) is 5.92 Å². The third-order valence-electron chi connectivity index (χ3n) is 3.99. The van der Waals surface area contributed by atoms with Crippen LogP contribution in [0.4, 0.5) is 0 Å². The monoisotopic (exact) mass is 286 g/mol. The number of benzene rings is 1. The molecule has 2 heterocycles. The molecule has 0 saturated carbocycles. The molecule has 1 amide bonds. The van der Waals surface area contributed by atoms with E-state index in [2.05, 4.69) is 15.2 Å². The maximum Gasteiger partial charge on any atom is 0.253 e. The summed E-state index contributed by atoms with van der Waals surface area (Å²) in [6.07, 6.45) is 1.92. The van der Waals surface area contributed by atoms with Crippen LogP contribution in [0.25, 0.3) is 11.4 Å². The zero-order chi connectivity index (χ0) is 14.8. The molecule has 0 spiro atoms.